The first-order chi connectivity index (χ1) is 11.1. The predicted octanol–water partition coefficient (Wildman–Crippen LogP) is 2.49. The molecule has 1 aromatic heterocycles. The Morgan fingerprint density at radius 3 is 2.96 bits per heavy atom. The van der Waals surface area contributed by atoms with Gasteiger partial charge < -0.3 is 10.1 Å². The van der Waals surface area contributed by atoms with Crippen LogP contribution in [0.15, 0.2) is 48.7 Å². The maximum atomic E-state index is 11.9. The van der Waals surface area contributed by atoms with Crippen LogP contribution in [0.1, 0.15) is 0 Å². The van der Waals surface area contributed by atoms with Crippen LogP contribution in [-0.4, -0.2) is 27.6 Å². The molecule has 0 aliphatic carbocycles. The van der Waals surface area contributed by atoms with Gasteiger partial charge in [0.25, 0.3) is 5.91 Å². The number of aromatic amines is 1. The summed E-state index contributed by atoms with van der Waals surface area (Å²) in [7, 11) is 0. The van der Waals surface area contributed by atoms with Crippen LogP contribution < -0.4 is 10.1 Å². The van der Waals surface area contributed by atoms with Crippen LogP contribution >= 0.6 is 0 Å². The number of nitrogens with zero attached hydrogens (tertiary/aromatic N) is 2. The fourth-order valence-corrected chi connectivity index (χ4v) is 2.09. The number of rotatable bonds is 5. The predicted molar refractivity (Wildman–Crippen MR) is 83.3 cm³/mol. The number of carbonyl (C=O) groups is 1. The summed E-state index contributed by atoms with van der Waals surface area (Å²) in [5.41, 5.74) is 1.27. The van der Waals surface area contributed by atoms with Crippen molar-refractivity contribution in [3.8, 4) is 5.75 Å². The van der Waals surface area contributed by atoms with E-state index >= 15 is 0 Å². The average molecular weight is 312 g/mol. The number of fused-ring (bicyclic) bond motifs is 1. The second-order valence-electron chi connectivity index (χ2n) is 4.73. The van der Waals surface area contributed by atoms with E-state index in [4.69, 9.17) is 4.74 Å². The van der Waals surface area contributed by atoms with Crippen molar-refractivity contribution in [1.82, 2.24) is 10.2 Å². The lowest BCUT2D eigenvalue weighted by molar-refractivity contribution is -0.385. The zero-order chi connectivity index (χ0) is 16.2. The van der Waals surface area contributed by atoms with E-state index in [2.05, 4.69) is 15.5 Å². The number of nitro benzene ring substituents is 1. The van der Waals surface area contributed by atoms with Gasteiger partial charge in [-0.1, -0.05) is 12.1 Å². The molecular weight excluding hydrogens is 300 g/mol. The highest BCUT2D eigenvalue weighted by Crippen LogP contribution is 2.25. The Bertz CT molecular complexity index is 875. The number of ether oxygens (including phenoxy) is 1. The highest BCUT2D eigenvalue weighted by molar-refractivity contribution is 5.94. The van der Waals surface area contributed by atoms with Crippen LogP contribution in [0.25, 0.3) is 10.9 Å². The summed E-state index contributed by atoms with van der Waals surface area (Å²) in [4.78, 5) is 22.2. The molecule has 0 atom stereocenters. The van der Waals surface area contributed by atoms with E-state index in [0.29, 0.717) is 5.69 Å². The summed E-state index contributed by atoms with van der Waals surface area (Å²) < 4.78 is 5.23. The van der Waals surface area contributed by atoms with Crippen molar-refractivity contribution >= 4 is 28.2 Å². The average Bonchev–Trinajstić information content (AvgIpc) is 3.00. The molecule has 0 saturated heterocycles. The third kappa shape index (κ3) is 3.26. The maximum absolute atomic E-state index is 11.9. The summed E-state index contributed by atoms with van der Waals surface area (Å²) in [5.74, 6) is -0.357. The number of hydrogen-bond donors (Lipinski definition) is 2. The topological polar surface area (TPSA) is 110 Å². The van der Waals surface area contributed by atoms with Crippen LogP contribution in [0.4, 0.5) is 11.4 Å². The second-order valence-corrected chi connectivity index (χ2v) is 4.73. The second kappa shape index (κ2) is 6.14. The minimum absolute atomic E-state index is 0.0536. The van der Waals surface area contributed by atoms with Gasteiger partial charge in [0.1, 0.15) is 0 Å². The molecule has 3 rings (SSSR count). The van der Waals surface area contributed by atoms with Crippen molar-refractivity contribution < 1.29 is 14.5 Å². The molecule has 3 aromatic rings. The van der Waals surface area contributed by atoms with E-state index in [9.17, 15) is 14.9 Å². The normalized spacial score (nSPS) is 10.4. The lowest BCUT2D eigenvalue weighted by atomic mass is 10.2. The molecule has 0 aliphatic rings. The molecule has 0 saturated carbocycles. The number of H-pyrrole nitrogens is 1. The summed E-state index contributed by atoms with van der Waals surface area (Å²) >= 11 is 0. The molecule has 23 heavy (non-hydrogen) atoms. The van der Waals surface area contributed by atoms with Crippen molar-refractivity contribution in [2.75, 3.05) is 11.9 Å². The number of benzene rings is 2. The highest BCUT2D eigenvalue weighted by Gasteiger charge is 2.15. The Labute approximate surface area is 130 Å². The molecule has 8 nitrogen and oxygen atoms in total. The quantitative estimate of drug-likeness (QED) is 0.555. The summed E-state index contributed by atoms with van der Waals surface area (Å²) in [5, 5.41) is 21.1. The van der Waals surface area contributed by atoms with Gasteiger partial charge >= 0.3 is 5.69 Å². The van der Waals surface area contributed by atoms with Crippen LogP contribution in [0.2, 0.25) is 0 Å². The van der Waals surface area contributed by atoms with Crippen LogP contribution in [0.3, 0.4) is 0 Å². The van der Waals surface area contributed by atoms with Crippen molar-refractivity contribution in [3.05, 3.63) is 58.8 Å². The Morgan fingerprint density at radius 1 is 1.30 bits per heavy atom. The van der Waals surface area contributed by atoms with Crippen LogP contribution in [0.5, 0.6) is 5.75 Å². The number of hydrogen-bond acceptors (Lipinski definition) is 5. The molecular formula is C15H12N4O4. The van der Waals surface area contributed by atoms with Gasteiger partial charge in [-0.3, -0.25) is 20.0 Å². The molecule has 1 heterocycles. The Balaban J connectivity index is 1.64. The van der Waals surface area contributed by atoms with E-state index in [0.717, 1.165) is 10.9 Å². The van der Waals surface area contributed by atoms with Gasteiger partial charge in [-0.2, -0.15) is 5.10 Å². The molecule has 2 N–H and O–H groups in total. The van der Waals surface area contributed by atoms with Gasteiger partial charge in [0.05, 0.1) is 16.6 Å². The molecule has 0 spiro atoms. The van der Waals surface area contributed by atoms with Crippen LogP contribution in [-0.2, 0) is 4.79 Å². The van der Waals surface area contributed by atoms with Gasteiger partial charge in [-0.25, -0.2) is 0 Å². The Hall–Kier alpha value is -3.42. The number of amides is 1. The zero-order valence-electron chi connectivity index (χ0n) is 11.9. The largest absolute Gasteiger partial charge is 0.477 e. The number of nitrogens with one attached hydrogen (secondary N) is 2. The highest BCUT2D eigenvalue weighted by atomic mass is 16.6. The minimum Gasteiger partial charge on any atom is -0.477 e. The van der Waals surface area contributed by atoms with E-state index in [1.807, 2.05) is 0 Å². The standard InChI is InChI=1S/C15H12N4O4/c20-15(9-23-14-4-2-1-3-13(14)19(21)22)17-11-5-6-12-10(7-11)8-16-18-12/h1-8H,9H2,(H,16,18)(H,17,20). The van der Waals surface area contributed by atoms with Gasteiger partial charge in [0.2, 0.25) is 0 Å². The number of carbonyl (C=O) groups excluding carboxylic acids is 1. The smallest absolute Gasteiger partial charge is 0.310 e. The molecule has 0 bridgehead atoms. The maximum Gasteiger partial charge on any atom is 0.310 e. The molecule has 0 aliphatic heterocycles. The van der Waals surface area contributed by atoms with Gasteiger partial charge in [-0.05, 0) is 24.3 Å². The molecule has 1 amide bonds. The van der Waals surface area contributed by atoms with Crippen LogP contribution in [0, 0.1) is 10.1 Å². The first-order valence-electron chi connectivity index (χ1n) is 6.73. The van der Waals surface area contributed by atoms with Gasteiger partial charge in [0, 0.05) is 17.1 Å². The van der Waals surface area contributed by atoms with Crippen molar-refractivity contribution in [2.45, 2.75) is 0 Å². The Kier molecular flexibility index (Phi) is 3.88. The molecule has 8 heteroatoms. The third-order valence-corrected chi connectivity index (χ3v) is 3.14. The molecule has 0 fully saturated rings. The van der Waals surface area contributed by atoms with E-state index in [-0.39, 0.29) is 18.0 Å². The van der Waals surface area contributed by atoms with Crippen molar-refractivity contribution in [2.24, 2.45) is 0 Å². The monoisotopic (exact) mass is 312 g/mol. The fraction of sp³-hybridized carbons (Fsp3) is 0.0667. The lowest BCUT2D eigenvalue weighted by Gasteiger charge is -2.08. The number of para-hydroxylation sites is 2. The van der Waals surface area contributed by atoms with Gasteiger partial charge in [0.15, 0.2) is 12.4 Å². The zero-order valence-corrected chi connectivity index (χ0v) is 11.9. The third-order valence-electron chi connectivity index (χ3n) is 3.14. The number of nitro groups is 1. The summed E-state index contributed by atoms with van der Waals surface area (Å²) in [6.07, 6.45) is 1.65. The first-order valence-corrected chi connectivity index (χ1v) is 6.73. The van der Waals surface area contributed by atoms with E-state index < -0.39 is 10.8 Å². The molecule has 0 radical (unpaired) electrons. The summed E-state index contributed by atoms with van der Waals surface area (Å²) in [6, 6.07) is 11.2. The van der Waals surface area contributed by atoms with Gasteiger partial charge in [-0.15, -0.1) is 0 Å². The molecule has 116 valence electrons. The van der Waals surface area contributed by atoms with Crippen molar-refractivity contribution in [1.29, 1.82) is 0 Å². The lowest BCUT2D eigenvalue weighted by Crippen LogP contribution is -2.20. The van der Waals surface area contributed by atoms with Crippen molar-refractivity contribution in [3.63, 3.8) is 0 Å². The minimum atomic E-state index is -0.555. The number of aromatic nitrogens is 2. The fourth-order valence-electron chi connectivity index (χ4n) is 2.09. The number of anilines is 1. The SMILES string of the molecule is O=C(COc1ccccc1[N+](=O)[O-])Nc1ccc2[nH]ncc2c1. The summed E-state index contributed by atoms with van der Waals surface area (Å²) in [6.45, 7) is -0.325. The Morgan fingerprint density at radius 2 is 2.13 bits per heavy atom. The van der Waals surface area contributed by atoms with E-state index in [1.54, 1.807) is 30.5 Å². The van der Waals surface area contributed by atoms with E-state index in [1.165, 1.54) is 18.2 Å². The molecule has 2 aromatic carbocycles. The first kappa shape index (κ1) is 14.5. The molecule has 0 unspecified atom stereocenters.